The van der Waals surface area contributed by atoms with Crippen molar-refractivity contribution in [3.05, 3.63) is 0 Å². The van der Waals surface area contributed by atoms with Crippen LogP contribution in [0, 0.1) is 0 Å². The molecule has 1 aliphatic heterocycles. The second-order valence-electron chi connectivity index (χ2n) is 4.64. The van der Waals surface area contributed by atoms with Crippen LogP contribution in [0.15, 0.2) is 0 Å². The highest BCUT2D eigenvalue weighted by Crippen LogP contribution is 2.07. The van der Waals surface area contributed by atoms with Gasteiger partial charge < -0.3 is 15.1 Å². The van der Waals surface area contributed by atoms with E-state index in [0.717, 1.165) is 52.0 Å². The predicted molar refractivity (Wildman–Crippen MR) is 71.2 cm³/mol. The Morgan fingerprint density at radius 3 is 2.33 bits per heavy atom. The molecule has 0 atom stereocenters. The summed E-state index contributed by atoms with van der Waals surface area (Å²) >= 11 is 0. The molecule has 18 heavy (non-hydrogen) atoms. The van der Waals surface area contributed by atoms with Gasteiger partial charge in [0.05, 0.1) is 0 Å². The molecule has 0 radical (unpaired) electrons. The maximum atomic E-state index is 11.7. The second kappa shape index (κ2) is 8.08. The van der Waals surface area contributed by atoms with Gasteiger partial charge in [0.2, 0.25) is 0 Å². The van der Waals surface area contributed by atoms with E-state index in [1.807, 2.05) is 0 Å². The van der Waals surface area contributed by atoms with Crippen LogP contribution in [0.4, 0.5) is 0 Å². The van der Waals surface area contributed by atoms with Gasteiger partial charge in [0, 0.05) is 19.6 Å². The Morgan fingerprint density at radius 1 is 1.17 bits per heavy atom. The minimum atomic E-state index is -0.448. The number of amides is 2. The van der Waals surface area contributed by atoms with Gasteiger partial charge in [-0.3, -0.25) is 9.59 Å². The Bertz CT molecular complexity index is 271. The number of nitrogens with zero attached hydrogens (tertiary/aromatic N) is 2. The molecular formula is C13H25N3O2. The zero-order valence-corrected chi connectivity index (χ0v) is 11.6. The van der Waals surface area contributed by atoms with Crippen molar-refractivity contribution in [1.82, 2.24) is 15.1 Å². The highest BCUT2D eigenvalue weighted by atomic mass is 16.2. The van der Waals surface area contributed by atoms with Crippen molar-refractivity contribution in [2.45, 2.75) is 33.1 Å². The lowest BCUT2D eigenvalue weighted by molar-refractivity contribution is -0.145. The Balaban J connectivity index is 2.14. The lowest BCUT2D eigenvalue weighted by atomic mass is 10.3. The first-order valence-electron chi connectivity index (χ1n) is 6.98. The number of hydrogen-bond acceptors (Lipinski definition) is 3. The minimum absolute atomic E-state index is 0.365. The van der Waals surface area contributed by atoms with Gasteiger partial charge in [-0.2, -0.15) is 0 Å². The third-order valence-corrected chi connectivity index (χ3v) is 3.42. The molecule has 1 aliphatic rings. The Labute approximate surface area is 110 Å². The van der Waals surface area contributed by atoms with E-state index >= 15 is 0 Å². The van der Waals surface area contributed by atoms with E-state index in [4.69, 9.17) is 0 Å². The molecule has 0 unspecified atom stereocenters. The van der Waals surface area contributed by atoms with E-state index in [2.05, 4.69) is 24.1 Å². The van der Waals surface area contributed by atoms with Gasteiger partial charge in [-0.1, -0.05) is 13.8 Å². The number of nitrogens with one attached hydrogen (secondary N) is 1. The summed E-state index contributed by atoms with van der Waals surface area (Å²) in [6, 6.07) is 0. The van der Waals surface area contributed by atoms with Gasteiger partial charge in [0.15, 0.2) is 0 Å². The van der Waals surface area contributed by atoms with Gasteiger partial charge >= 0.3 is 11.8 Å². The molecule has 0 aromatic heterocycles. The van der Waals surface area contributed by atoms with Crippen LogP contribution in [0.1, 0.15) is 33.1 Å². The summed E-state index contributed by atoms with van der Waals surface area (Å²) in [5.74, 6) is -0.813. The highest BCUT2D eigenvalue weighted by Gasteiger charge is 2.23. The molecule has 5 nitrogen and oxygen atoms in total. The smallest absolute Gasteiger partial charge is 0.311 e. The number of carbonyl (C=O) groups excluding carboxylic acids is 2. The van der Waals surface area contributed by atoms with Crippen LogP contribution in [0.25, 0.3) is 0 Å². The van der Waals surface area contributed by atoms with E-state index in [1.54, 1.807) is 4.90 Å². The molecule has 1 heterocycles. The van der Waals surface area contributed by atoms with Crippen molar-refractivity contribution in [2.24, 2.45) is 0 Å². The first kappa shape index (κ1) is 15.0. The molecule has 104 valence electrons. The summed E-state index contributed by atoms with van der Waals surface area (Å²) in [4.78, 5) is 27.2. The summed E-state index contributed by atoms with van der Waals surface area (Å²) in [6.45, 7) is 9.30. The van der Waals surface area contributed by atoms with E-state index in [9.17, 15) is 9.59 Å². The van der Waals surface area contributed by atoms with Crippen molar-refractivity contribution in [3.8, 4) is 0 Å². The summed E-state index contributed by atoms with van der Waals surface area (Å²) in [6.07, 6.45) is 2.92. The highest BCUT2D eigenvalue weighted by molar-refractivity contribution is 6.35. The van der Waals surface area contributed by atoms with Crippen LogP contribution in [0.2, 0.25) is 0 Å². The molecule has 0 saturated carbocycles. The van der Waals surface area contributed by atoms with Gasteiger partial charge in [-0.25, -0.2) is 0 Å². The average Bonchev–Trinajstić information content (AvgIpc) is 2.91. The second-order valence-corrected chi connectivity index (χ2v) is 4.64. The van der Waals surface area contributed by atoms with Crippen LogP contribution >= 0.6 is 0 Å². The maximum Gasteiger partial charge on any atom is 0.311 e. The molecule has 1 rings (SSSR count). The molecule has 0 spiro atoms. The van der Waals surface area contributed by atoms with Crippen molar-refractivity contribution < 1.29 is 9.59 Å². The Hall–Kier alpha value is -1.10. The van der Waals surface area contributed by atoms with E-state index in [0.29, 0.717) is 6.54 Å². The fourth-order valence-corrected chi connectivity index (χ4v) is 2.18. The van der Waals surface area contributed by atoms with Crippen molar-refractivity contribution in [2.75, 3.05) is 39.3 Å². The minimum Gasteiger partial charge on any atom is -0.348 e. The molecule has 0 aromatic carbocycles. The monoisotopic (exact) mass is 255 g/mol. The van der Waals surface area contributed by atoms with Crippen LogP contribution < -0.4 is 5.32 Å². The third kappa shape index (κ3) is 4.64. The van der Waals surface area contributed by atoms with Gasteiger partial charge in [-0.05, 0) is 38.9 Å². The number of rotatable bonds is 6. The first-order chi connectivity index (χ1) is 8.69. The standard InChI is InChI=1S/C13H25N3O2/c1-3-15(4-2)9-7-8-14-12(17)13(18)16-10-5-6-11-16/h3-11H2,1-2H3,(H,14,17). The first-order valence-corrected chi connectivity index (χ1v) is 6.98. The summed E-state index contributed by atoms with van der Waals surface area (Å²) in [5.41, 5.74) is 0. The van der Waals surface area contributed by atoms with Crippen LogP contribution in [-0.4, -0.2) is 60.9 Å². The normalized spacial score (nSPS) is 15.2. The molecule has 1 saturated heterocycles. The van der Waals surface area contributed by atoms with Gasteiger partial charge in [0.25, 0.3) is 0 Å². The molecule has 0 bridgehead atoms. The van der Waals surface area contributed by atoms with Crippen LogP contribution in [0.5, 0.6) is 0 Å². The molecule has 0 aliphatic carbocycles. The SMILES string of the molecule is CCN(CC)CCCNC(=O)C(=O)N1CCCC1. The average molecular weight is 255 g/mol. The largest absolute Gasteiger partial charge is 0.348 e. The fraction of sp³-hybridized carbons (Fsp3) is 0.846. The van der Waals surface area contributed by atoms with Crippen LogP contribution in [0.3, 0.4) is 0 Å². The summed E-state index contributed by atoms with van der Waals surface area (Å²) in [7, 11) is 0. The number of likely N-dealkylation sites (tertiary alicyclic amines) is 1. The number of hydrogen-bond donors (Lipinski definition) is 1. The van der Waals surface area contributed by atoms with E-state index < -0.39 is 5.91 Å². The number of carbonyl (C=O) groups is 2. The Morgan fingerprint density at radius 2 is 1.78 bits per heavy atom. The fourth-order valence-electron chi connectivity index (χ4n) is 2.18. The third-order valence-electron chi connectivity index (χ3n) is 3.42. The molecular weight excluding hydrogens is 230 g/mol. The van der Waals surface area contributed by atoms with Crippen molar-refractivity contribution in [3.63, 3.8) is 0 Å². The quantitative estimate of drug-likeness (QED) is 0.554. The summed E-state index contributed by atoms with van der Waals surface area (Å²) in [5, 5.41) is 2.71. The molecule has 1 N–H and O–H groups in total. The summed E-state index contributed by atoms with van der Waals surface area (Å²) < 4.78 is 0. The lowest BCUT2D eigenvalue weighted by Crippen LogP contribution is -2.42. The van der Waals surface area contributed by atoms with E-state index in [1.165, 1.54) is 0 Å². The van der Waals surface area contributed by atoms with Gasteiger partial charge in [0.1, 0.15) is 0 Å². The molecule has 0 aromatic rings. The predicted octanol–water partition coefficient (Wildman–Crippen LogP) is 0.457. The Kier molecular flexibility index (Phi) is 6.72. The van der Waals surface area contributed by atoms with E-state index in [-0.39, 0.29) is 5.91 Å². The van der Waals surface area contributed by atoms with Gasteiger partial charge in [-0.15, -0.1) is 0 Å². The van der Waals surface area contributed by atoms with Crippen molar-refractivity contribution >= 4 is 11.8 Å². The topological polar surface area (TPSA) is 52.7 Å². The van der Waals surface area contributed by atoms with Crippen molar-refractivity contribution in [1.29, 1.82) is 0 Å². The molecule has 1 fully saturated rings. The molecule has 2 amide bonds. The maximum absolute atomic E-state index is 11.7. The zero-order valence-electron chi connectivity index (χ0n) is 11.6. The molecule has 5 heteroatoms. The zero-order chi connectivity index (χ0) is 13.4. The lowest BCUT2D eigenvalue weighted by Gasteiger charge is -2.18. The van der Waals surface area contributed by atoms with Crippen LogP contribution in [-0.2, 0) is 9.59 Å².